The number of rotatable bonds is 6. The number of phosphoric acid groups is 1. The quantitative estimate of drug-likeness (QED) is 0.145. The molecule has 15 nitrogen and oxygen atoms in total. The maximum atomic E-state index is 11.5. The highest BCUT2D eigenvalue weighted by Crippen LogP contribution is 2.45. The largest absolute Gasteiger partial charge is 0.488 e. The lowest BCUT2D eigenvalue weighted by Crippen LogP contribution is -2.68. The van der Waals surface area contributed by atoms with Crippen LogP contribution in [0.4, 0.5) is 0 Å². The first-order valence-corrected chi connectivity index (χ1v) is 10.7. The van der Waals surface area contributed by atoms with Gasteiger partial charge in [0, 0.05) is 6.67 Å². The second kappa shape index (κ2) is 7.85. The van der Waals surface area contributed by atoms with Crippen LogP contribution in [0.15, 0.2) is 0 Å². The van der Waals surface area contributed by atoms with Gasteiger partial charge in [-0.25, -0.2) is 9.46 Å². The van der Waals surface area contributed by atoms with E-state index in [9.17, 15) is 28.1 Å². The summed E-state index contributed by atoms with van der Waals surface area (Å²) in [5, 5.41) is 29.7. The number of nitrogens with one attached hydrogen (secondary N) is 3. The van der Waals surface area contributed by atoms with Gasteiger partial charge in [0.1, 0.15) is 24.5 Å². The van der Waals surface area contributed by atoms with Gasteiger partial charge in [-0.05, 0) is 0 Å². The molecule has 9 N–H and O–H groups in total. The van der Waals surface area contributed by atoms with E-state index in [1.807, 2.05) is 0 Å². The summed E-state index contributed by atoms with van der Waals surface area (Å²) in [7, 11) is -10.4. The molecule has 0 aromatic heterocycles. The molecule has 0 spiro atoms. The minimum atomic E-state index is -5.23. The van der Waals surface area contributed by atoms with Crippen molar-refractivity contribution in [1.82, 2.24) is 20.9 Å². The number of hydrogen-bond acceptors (Lipinski definition) is 13. The van der Waals surface area contributed by atoms with E-state index in [2.05, 4.69) is 24.4 Å². The lowest BCUT2D eigenvalue weighted by atomic mass is 10.1. The standard InChI is InChI=1S/C10H22N5O10PS/c11-8-5-9(13-2-12-8)15(3-14-5)10-7(17)6(16)4(24-10)1-23-26(18,19)25-27(20,21)22/h4-10,12-14,16-17H,1-3,11H2,(H,18,19)(H,20,21,22)/t4?,5-,6?,7?,8?,9?,10?/m1/s1. The van der Waals surface area contributed by atoms with Gasteiger partial charge in [0.05, 0.1) is 31.6 Å². The predicted octanol–water partition coefficient (Wildman–Crippen LogP) is -4.64. The van der Waals surface area contributed by atoms with Crippen LogP contribution < -0.4 is 21.7 Å². The minimum Gasteiger partial charge on any atom is -0.387 e. The molecule has 0 bridgehead atoms. The van der Waals surface area contributed by atoms with Crippen LogP contribution in [0, 0.1) is 0 Å². The first-order chi connectivity index (χ1) is 12.5. The summed E-state index contributed by atoms with van der Waals surface area (Å²) < 4.78 is 54.4. The SMILES string of the molecule is NC1NCNC2[C@@H]1NCN2C1OC(COP(=O)(O)OS(=O)(=O)O)C(O)C1O. The highest BCUT2D eigenvalue weighted by Gasteiger charge is 2.52. The topological polar surface area (TPSA) is 225 Å². The second-order valence-corrected chi connectivity index (χ2v) is 8.92. The minimum absolute atomic E-state index is 0.192. The Morgan fingerprint density at radius 2 is 1.96 bits per heavy atom. The molecule has 0 aliphatic carbocycles. The van der Waals surface area contributed by atoms with Crippen LogP contribution in [-0.4, -0.2) is 95.8 Å². The number of phosphoric ester groups is 1. The van der Waals surface area contributed by atoms with Gasteiger partial charge >= 0.3 is 18.2 Å². The Hall–Kier alpha value is -0.300. The van der Waals surface area contributed by atoms with Crippen LogP contribution in [0.2, 0.25) is 0 Å². The van der Waals surface area contributed by atoms with Crippen molar-refractivity contribution < 1.29 is 45.9 Å². The maximum Gasteiger partial charge on any atom is 0.488 e. The van der Waals surface area contributed by atoms with Gasteiger partial charge < -0.3 is 25.6 Å². The van der Waals surface area contributed by atoms with Crippen LogP contribution >= 0.6 is 7.82 Å². The smallest absolute Gasteiger partial charge is 0.387 e. The van der Waals surface area contributed by atoms with E-state index in [1.165, 1.54) is 0 Å². The molecule has 158 valence electrons. The average molecular weight is 435 g/mol. The van der Waals surface area contributed by atoms with Crippen LogP contribution in [0.3, 0.4) is 0 Å². The van der Waals surface area contributed by atoms with E-state index >= 15 is 0 Å². The third kappa shape index (κ3) is 4.82. The zero-order chi connectivity index (χ0) is 20.0. The summed E-state index contributed by atoms with van der Waals surface area (Å²) in [4.78, 5) is 10.9. The van der Waals surface area contributed by atoms with Crippen molar-refractivity contribution in [2.45, 2.75) is 42.9 Å². The molecule has 3 rings (SSSR count). The molecule has 0 saturated carbocycles. The molecule has 3 heterocycles. The molecule has 3 aliphatic heterocycles. The number of hydrogen-bond donors (Lipinski definition) is 8. The highest BCUT2D eigenvalue weighted by atomic mass is 32.3. The number of aliphatic hydroxyl groups is 2. The molecule has 3 saturated heterocycles. The van der Waals surface area contributed by atoms with Gasteiger partial charge in [-0.2, -0.15) is 8.42 Å². The Morgan fingerprint density at radius 1 is 1.26 bits per heavy atom. The second-order valence-electron chi connectivity index (χ2n) is 6.27. The van der Waals surface area contributed by atoms with Gasteiger partial charge in [0.25, 0.3) is 0 Å². The summed E-state index contributed by atoms with van der Waals surface area (Å²) in [6.45, 7) is -0.0783. The summed E-state index contributed by atoms with van der Waals surface area (Å²) in [6.07, 6.45) is -5.77. The summed E-state index contributed by atoms with van der Waals surface area (Å²) in [6, 6.07) is -0.192. The van der Waals surface area contributed by atoms with E-state index in [4.69, 9.17) is 15.0 Å². The van der Waals surface area contributed by atoms with E-state index in [1.54, 1.807) is 4.90 Å². The lowest BCUT2D eigenvalue weighted by Gasteiger charge is -2.38. The van der Waals surface area contributed by atoms with Gasteiger partial charge in [0.15, 0.2) is 0 Å². The molecular weight excluding hydrogens is 413 g/mol. The van der Waals surface area contributed by atoms with Crippen molar-refractivity contribution in [2.75, 3.05) is 19.9 Å². The number of ether oxygens (including phenoxy) is 1. The third-order valence-electron chi connectivity index (χ3n) is 4.50. The number of fused-ring (bicyclic) bond motifs is 1. The highest BCUT2D eigenvalue weighted by molar-refractivity contribution is 7.85. The van der Waals surface area contributed by atoms with Crippen LogP contribution in [0.25, 0.3) is 0 Å². The Balaban J connectivity index is 1.62. The third-order valence-corrected chi connectivity index (χ3v) is 6.48. The van der Waals surface area contributed by atoms with E-state index in [0.29, 0.717) is 6.67 Å². The van der Waals surface area contributed by atoms with Gasteiger partial charge in [-0.1, -0.05) is 0 Å². The molecule has 27 heavy (non-hydrogen) atoms. The van der Waals surface area contributed by atoms with Crippen LogP contribution in [0.1, 0.15) is 0 Å². The fourth-order valence-corrected chi connectivity index (χ4v) is 4.76. The van der Waals surface area contributed by atoms with Crippen molar-refractivity contribution >= 4 is 18.2 Å². The van der Waals surface area contributed by atoms with Crippen molar-refractivity contribution in [3.8, 4) is 0 Å². The molecule has 0 amide bonds. The van der Waals surface area contributed by atoms with Crippen molar-refractivity contribution in [2.24, 2.45) is 5.73 Å². The molecule has 0 aromatic rings. The first kappa shape index (κ1) is 21.4. The number of aliphatic hydroxyl groups excluding tert-OH is 2. The number of nitrogens with two attached hydrogens (primary N) is 1. The Bertz CT molecular complexity index is 698. The van der Waals surface area contributed by atoms with Gasteiger partial charge in [0.2, 0.25) is 0 Å². The lowest BCUT2D eigenvalue weighted by molar-refractivity contribution is -0.109. The van der Waals surface area contributed by atoms with Gasteiger partial charge in [-0.3, -0.25) is 25.0 Å². The zero-order valence-electron chi connectivity index (χ0n) is 13.8. The van der Waals surface area contributed by atoms with Crippen LogP contribution in [0.5, 0.6) is 0 Å². The van der Waals surface area contributed by atoms with Crippen molar-refractivity contribution in [3.63, 3.8) is 0 Å². The van der Waals surface area contributed by atoms with E-state index in [-0.39, 0.29) is 25.0 Å². The Labute approximate surface area is 154 Å². The first-order valence-electron chi connectivity index (χ1n) is 7.87. The average Bonchev–Trinajstić information content (AvgIpc) is 3.07. The van der Waals surface area contributed by atoms with Crippen molar-refractivity contribution in [1.29, 1.82) is 0 Å². The summed E-state index contributed by atoms with van der Waals surface area (Å²) in [5.74, 6) is 0. The van der Waals surface area contributed by atoms with Gasteiger partial charge in [-0.15, -0.1) is 3.97 Å². The molecule has 0 radical (unpaired) electrons. The monoisotopic (exact) mass is 435 g/mol. The van der Waals surface area contributed by atoms with Crippen LogP contribution in [-0.2, 0) is 28.2 Å². The molecule has 8 atom stereocenters. The Kier molecular flexibility index (Phi) is 6.22. The fraction of sp³-hybridized carbons (Fsp3) is 1.00. The normalized spacial score (nSPS) is 42.8. The molecule has 7 unspecified atom stereocenters. The number of nitrogens with zero attached hydrogens (tertiary/aromatic N) is 1. The Morgan fingerprint density at radius 3 is 2.63 bits per heavy atom. The van der Waals surface area contributed by atoms with Crippen molar-refractivity contribution in [3.05, 3.63) is 0 Å². The predicted molar refractivity (Wildman–Crippen MR) is 85.6 cm³/mol. The molecule has 0 aromatic carbocycles. The summed E-state index contributed by atoms with van der Waals surface area (Å²) >= 11 is 0. The molecule has 17 heteroatoms. The maximum absolute atomic E-state index is 11.5. The molecule has 3 aliphatic rings. The van der Waals surface area contributed by atoms with E-state index < -0.39 is 49.4 Å². The summed E-state index contributed by atoms with van der Waals surface area (Å²) in [5.41, 5.74) is 5.96. The fourth-order valence-electron chi connectivity index (χ4n) is 3.30. The molecule has 3 fully saturated rings. The zero-order valence-corrected chi connectivity index (χ0v) is 15.5. The van der Waals surface area contributed by atoms with E-state index in [0.717, 1.165) is 0 Å². The molecular formula is C10H22N5O10PS.